The maximum atomic E-state index is 12.3. The van der Waals surface area contributed by atoms with Crippen LogP contribution in [0.15, 0.2) is 63.8 Å². The Balaban J connectivity index is 1.78. The summed E-state index contributed by atoms with van der Waals surface area (Å²) in [6.45, 7) is 1.39. The third kappa shape index (κ3) is 5.51. The van der Waals surface area contributed by atoms with Gasteiger partial charge in [0.1, 0.15) is 11.3 Å². The normalized spacial score (nSPS) is 12.7. The van der Waals surface area contributed by atoms with E-state index in [1.165, 1.54) is 19.1 Å². The molecule has 166 valence electrons. The molecular formula is C23H19NO8-2. The topological polar surface area (TPSA) is 149 Å². The standard InChI is InChI=1S/C23H21NO8/c1-13(22(28)24-18(23(29)30)9-10-20(25)26)31-15-7-8-16-17(14-5-3-2-4-6-14)12-21(27)32-19(16)11-15/h2-8,11-13,18H,9-10H2,1H3,(H,24,28)(H,25,26)(H,29,30)/p-2/t13-,18-/m1/s1. The number of hydrogen-bond acceptors (Lipinski definition) is 8. The average molecular weight is 437 g/mol. The van der Waals surface area contributed by atoms with Crippen LogP contribution < -0.4 is 25.9 Å². The molecule has 0 aliphatic heterocycles. The van der Waals surface area contributed by atoms with Gasteiger partial charge in [-0.05, 0) is 43.0 Å². The summed E-state index contributed by atoms with van der Waals surface area (Å²) in [4.78, 5) is 46.0. The molecule has 2 aromatic carbocycles. The molecule has 0 fully saturated rings. The number of hydrogen-bond donors (Lipinski definition) is 1. The second-order valence-corrected chi connectivity index (χ2v) is 7.05. The molecule has 0 bridgehead atoms. The molecule has 3 rings (SSSR count). The third-order valence-electron chi connectivity index (χ3n) is 4.72. The number of carboxylic acids is 2. The van der Waals surface area contributed by atoms with E-state index >= 15 is 0 Å². The van der Waals surface area contributed by atoms with Crippen molar-refractivity contribution in [3.05, 3.63) is 65.0 Å². The summed E-state index contributed by atoms with van der Waals surface area (Å²) >= 11 is 0. The lowest BCUT2D eigenvalue weighted by Crippen LogP contribution is -2.51. The number of carbonyl (C=O) groups is 3. The van der Waals surface area contributed by atoms with Crippen LogP contribution in [0.3, 0.4) is 0 Å². The van der Waals surface area contributed by atoms with Crippen LogP contribution in [-0.4, -0.2) is 30.0 Å². The first-order valence-corrected chi connectivity index (χ1v) is 9.75. The Morgan fingerprint density at radius 2 is 1.78 bits per heavy atom. The van der Waals surface area contributed by atoms with Crippen LogP contribution in [0.1, 0.15) is 19.8 Å². The lowest BCUT2D eigenvalue weighted by molar-refractivity contribution is -0.310. The molecular weight excluding hydrogens is 418 g/mol. The maximum absolute atomic E-state index is 12.3. The summed E-state index contributed by atoms with van der Waals surface area (Å²) in [5.74, 6) is -3.62. The Labute approximate surface area is 182 Å². The van der Waals surface area contributed by atoms with Gasteiger partial charge in [0.2, 0.25) is 0 Å². The molecule has 32 heavy (non-hydrogen) atoms. The Bertz CT molecular complexity index is 1200. The van der Waals surface area contributed by atoms with Crippen molar-refractivity contribution in [2.45, 2.75) is 31.9 Å². The summed E-state index contributed by atoms with van der Waals surface area (Å²) in [6, 6.07) is 13.9. The van der Waals surface area contributed by atoms with Crippen LogP contribution in [0, 0.1) is 0 Å². The fourth-order valence-electron chi connectivity index (χ4n) is 3.13. The van der Waals surface area contributed by atoms with E-state index in [0.717, 1.165) is 5.56 Å². The SMILES string of the molecule is C[C@@H](Oc1ccc2c(-c3ccccc3)cc(=O)oc2c1)C(=O)N[C@H](CCC(=O)[O-])C(=O)[O-]. The van der Waals surface area contributed by atoms with E-state index in [4.69, 9.17) is 9.15 Å². The maximum Gasteiger partial charge on any atom is 0.336 e. The van der Waals surface area contributed by atoms with Crippen LogP contribution in [-0.2, 0) is 14.4 Å². The molecule has 3 aromatic rings. The van der Waals surface area contributed by atoms with Gasteiger partial charge >= 0.3 is 5.63 Å². The fourth-order valence-corrected chi connectivity index (χ4v) is 3.13. The molecule has 1 N–H and O–H groups in total. The molecule has 0 spiro atoms. The molecule has 0 saturated carbocycles. The van der Waals surface area contributed by atoms with Gasteiger partial charge in [-0.3, -0.25) is 4.79 Å². The van der Waals surface area contributed by atoms with Crippen molar-refractivity contribution < 1.29 is 33.8 Å². The van der Waals surface area contributed by atoms with E-state index < -0.39 is 42.0 Å². The second kappa shape index (κ2) is 9.78. The number of carboxylic acid groups (broad SMARTS) is 2. The van der Waals surface area contributed by atoms with Gasteiger partial charge < -0.3 is 34.3 Å². The molecule has 1 amide bonds. The van der Waals surface area contributed by atoms with Crippen LogP contribution in [0.2, 0.25) is 0 Å². The van der Waals surface area contributed by atoms with Gasteiger partial charge in [0.25, 0.3) is 5.91 Å². The van der Waals surface area contributed by atoms with E-state index in [-0.39, 0.29) is 17.8 Å². The predicted molar refractivity (Wildman–Crippen MR) is 109 cm³/mol. The average Bonchev–Trinajstić information content (AvgIpc) is 2.75. The molecule has 0 aliphatic carbocycles. The molecule has 0 saturated heterocycles. The molecule has 1 heterocycles. The largest absolute Gasteiger partial charge is 0.550 e. The first kappa shape index (κ1) is 22.5. The number of benzene rings is 2. The molecule has 2 atom stereocenters. The zero-order chi connectivity index (χ0) is 23.3. The monoisotopic (exact) mass is 437 g/mol. The van der Waals surface area contributed by atoms with Crippen LogP contribution in [0.25, 0.3) is 22.1 Å². The van der Waals surface area contributed by atoms with Crippen molar-refractivity contribution in [1.82, 2.24) is 5.32 Å². The van der Waals surface area contributed by atoms with Crippen molar-refractivity contribution in [3.8, 4) is 16.9 Å². The zero-order valence-electron chi connectivity index (χ0n) is 17.0. The number of nitrogens with one attached hydrogen (secondary N) is 1. The highest BCUT2D eigenvalue weighted by Crippen LogP contribution is 2.29. The summed E-state index contributed by atoms with van der Waals surface area (Å²) in [5, 5.41) is 24.5. The molecule has 1 aromatic heterocycles. The Morgan fingerprint density at radius 3 is 2.44 bits per heavy atom. The predicted octanol–water partition coefficient (Wildman–Crippen LogP) is -0.00790. The van der Waals surface area contributed by atoms with E-state index in [1.807, 2.05) is 30.3 Å². The van der Waals surface area contributed by atoms with Gasteiger partial charge in [-0.15, -0.1) is 0 Å². The molecule has 0 aliphatic rings. The van der Waals surface area contributed by atoms with Gasteiger partial charge in [0.05, 0.1) is 12.0 Å². The first-order valence-electron chi connectivity index (χ1n) is 9.75. The molecule has 0 radical (unpaired) electrons. The number of rotatable bonds is 9. The highest BCUT2D eigenvalue weighted by Gasteiger charge is 2.20. The highest BCUT2D eigenvalue weighted by atomic mass is 16.5. The van der Waals surface area contributed by atoms with Gasteiger partial charge in [0.15, 0.2) is 6.10 Å². The minimum absolute atomic E-state index is 0.216. The van der Waals surface area contributed by atoms with Crippen molar-refractivity contribution in [2.24, 2.45) is 0 Å². The number of carbonyl (C=O) groups excluding carboxylic acids is 3. The third-order valence-corrected chi connectivity index (χ3v) is 4.72. The number of aliphatic carboxylic acids is 2. The van der Waals surface area contributed by atoms with Crippen LogP contribution in [0.4, 0.5) is 0 Å². The Kier molecular flexibility index (Phi) is 6.89. The van der Waals surface area contributed by atoms with Crippen molar-refractivity contribution >= 4 is 28.8 Å². The van der Waals surface area contributed by atoms with E-state index in [9.17, 15) is 29.4 Å². The zero-order valence-corrected chi connectivity index (χ0v) is 17.0. The lowest BCUT2D eigenvalue weighted by Gasteiger charge is -2.22. The summed E-state index contributed by atoms with van der Waals surface area (Å²) in [6.07, 6.45) is -2.06. The molecule has 0 unspecified atom stereocenters. The Hall–Kier alpha value is -4.14. The van der Waals surface area contributed by atoms with Gasteiger partial charge in [0, 0.05) is 23.5 Å². The summed E-state index contributed by atoms with van der Waals surface area (Å²) in [7, 11) is 0. The number of ether oxygens (including phenoxy) is 1. The summed E-state index contributed by atoms with van der Waals surface area (Å²) < 4.78 is 10.8. The minimum atomic E-state index is -1.62. The summed E-state index contributed by atoms with van der Waals surface area (Å²) in [5.41, 5.74) is 1.21. The van der Waals surface area contributed by atoms with Gasteiger partial charge in [-0.1, -0.05) is 30.3 Å². The van der Waals surface area contributed by atoms with E-state index in [1.54, 1.807) is 12.1 Å². The van der Waals surface area contributed by atoms with Crippen LogP contribution in [0.5, 0.6) is 5.75 Å². The molecule has 9 heteroatoms. The van der Waals surface area contributed by atoms with Crippen molar-refractivity contribution in [2.75, 3.05) is 0 Å². The van der Waals surface area contributed by atoms with Gasteiger partial charge in [-0.2, -0.15) is 0 Å². The number of amides is 1. The molecule has 9 nitrogen and oxygen atoms in total. The van der Waals surface area contributed by atoms with Gasteiger partial charge in [-0.25, -0.2) is 4.79 Å². The highest BCUT2D eigenvalue weighted by molar-refractivity contribution is 5.94. The minimum Gasteiger partial charge on any atom is -0.550 e. The first-order chi connectivity index (χ1) is 15.2. The quantitative estimate of drug-likeness (QED) is 0.460. The lowest BCUT2D eigenvalue weighted by atomic mass is 10.0. The second-order valence-electron chi connectivity index (χ2n) is 7.05. The van der Waals surface area contributed by atoms with Crippen molar-refractivity contribution in [1.29, 1.82) is 0 Å². The van der Waals surface area contributed by atoms with E-state index in [2.05, 4.69) is 5.32 Å². The van der Waals surface area contributed by atoms with E-state index in [0.29, 0.717) is 10.9 Å². The Morgan fingerprint density at radius 1 is 1.06 bits per heavy atom. The smallest absolute Gasteiger partial charge is 0.336 e. The fraction of sp³-hybridized carbons (Fsp3) is 0.217. The van der Waals surface area contributed by atoms with Crippen LogP contribution >= 0.6 is 0 Å². The number of fused-ring (bicyclic) bond motifs is 1. The van der Waals surface area contributed by atoms with Crippen molar-refractivity contribution in [3.63, 3.8) is 0 Å².